The lowest BCUT2D eigenvalue weighted by Gasteiger charge is -2.36. The molecule has 1 amide bonds. The molecule has 0 saturated carbocycles. The third-order valence-corrected chi connectivity index (χ3v) is 6.30. The van der Waals surface area contributed by atoms with Crippen molar-refractivity contribution in [1.82, 2.24) is 14.3 Å². The molecule has 0 unspecified atom stereocenters. The van der Waals surface area contributed by atoms with Crippen molar-refractivity contribution >= 4 is 55.7 Å². The van der Waals surface area contributed by atoms with E-state index in [0.717, 1.165) is 10.2 Å². The Balaban J connectivity index is 1.46. The molecule has 31 heavy (non-hydrogen) atoms. The molecule has 1 aliphatic heterocycles. The maximum Gasteiger partial charge on any atom is 0.265 e. The Labute approximate surface area is 191 Å². The lowest BCUT2D eigenvalue weighted by atomic mass is 10.1. The summed E-state index contributed by atoms with van der Waals surface area (Å²) >= 11 is 9.51. The molecule has 1 aliphatic rings. The Hall–Kier alpha value is -2.90. The van der Waals surface area contributed by atoms with Gasteiger partial charge in [0.25, 0.3) is 11.5 Å². The second kappa shape index (κ2) is 7.98. The fourth-order valence-corrected chi connectivity index (χ4v) is 4.52. The number of rotatable bonds is 2. The van der Waals surface area contributed by atoms with E-state index in [1.807, 2.05) is 35.2 Å². The predicted molar refractivity (Wildman–Crippen MR) is 126 cm³/mol. The summed E-state index contributed by atoms with van der Waals surface area (Å²) in [5.41, 5.74) is 2.24. The summed E-state index contributed by atoms with van der Waals surface area (Å²) < 4.78 is 2.26. The fourth-order valence-electron chi connectivity index (χ4n) is 3.98. The number of piperazine rings is 1. The van der Waals surface area contributed by atoms with Crippen molar-refractivity contribution < 1.29 is 4.79 Å². The highest BCUT2D eigenvalue weighted by Crippen LogP contribution is 2.22. The maximum atomic E-state index is 13.3. The van der Waals surface area contributed by atoms with Gasteiger partial charge in [-0.25, -0.2) is 4.98 Å². The quantitative estimate of drug-likeness (QED) is 0.389. The van der Waals surface area contributed by atoms with E-state index in [1.165, 1.54) is 4.40 Å². The highest BCUT2D eigenvalue weighted by atomic mass is 79.9. The number of carbonyl (C=O) groups excluding carboxylic acids is 1. The molecule has 6 nitrogen and oxygen atoms in total. The van der Waals surface area contributed by atoms with Gasteiger partial charge in [-0.3, -0.25) is 14.0 Å². The van der Waals surface area contributed by atoms with Gasteiger partial charge in [0.2, 0.25) is 0 Å². The molecule has 3 heterocycles. The standard InChI is InChI=1S/C23H18BrClN4O2/c24-15-6-7-20-19(13-15)23(31)29-8-2-5-18(21(29)26-20)22(30)28-11-9-27(10-12-28)17-4-1-3-16(25)14-17/h1-8,13-14H,9-12H2. The summed E-state index contributed by atoms with van der Waals surface area (Å²) in [4.78, 5) is 35.0. The van der Waals surface area contributed by atoms with Crippen LogP contribution in [-0.4, -0.2) is 46.4 Å². The minimum absolute atomic E-state index is 0.118. The Morgan fingerprint density at radius 1 is 1.00 bits per heavy atom. The van der Waals surface area contributed by atoms with Crippen LogP contribution in [0.25, 0.3) is 16.6 Å². The number of amides is 1. The number of anilines is 1. The summed E-state index contributed by atoms with van der Waals surface area (Å²) in [5, 5.41) is 1.20. The van der Waals surface area contributed by atoms with Gasteiger partial charge in [-0.1, -0.05) is 33.6 Å². The number of hydrogen-bond acceptors (Lipinski definition) is 4. The molecule has 0 bridgehead atoms. The van der Waals surface area contributed by atoms with Crippen LogP contribution in [0.4, 0.5) is 5.69 Å². The highest BCUT2D eigenvalue weighted by molar-refractivity contribution is 9.10. The van der Waals surface area contributed by atoms with E-state index in [0.29, 0.717) is 53.3 Å². The van der Waals surface area contributed by atoms with Gasteiger partial charge in [0, 0.05) is 47.6 Å². The molecule has 2 aromatic heterocycles. The Morgan fingerprint density at radius 2 is 1.81 bits per heavy atom. The fraction of sp³-hybridized carbons (Fsp3) is 0.174. The molecule has 2 aromatic carbocycles. The van der Waals surface area contributed by atoms with Gasteiger partial charge in [-0.2, -0.15) is 0 Å². The molecular formula is C23H18BrClN4O2. The smallest absolute Gasteiger partial charge is 0.265 e. The summed E-state index contributed by atoms with van der Waals surface area (Å²) in [6, 6.07) is 16.6. The third kappa shape index (κ3) is 3.68. The Kier molecular flexibility index (Phi) is 5.16. The van der Waals surface area contributed by atoms with Crippen molar-refractivity contribution in [1.29, 1.82) is 0 Å². The number of nitrogens with zero attached hydrogens (tertiary/aromatic N) is 4. The van der Waals surface area contributed by atoms with Gasteiger partial charge in [-0.05, 0) is 48.5 Å². The first kappa shape index (κ1) is 20.0. The lowest BCUT2D eigenvalue weighted by molar-refractivity contribution is 0.0748. The average molecular weight is 498 g/mol. The van der Waals surface area contributed by atoms with E-state index >= 15 is 0 Å². The average Bonchev–Trinajstić information content (AvgIpc) is 2.79. The molecule has 0 atom stereocenters. The maximum absolute atomic E-state index is 13.3. The van der Waals surface area contributed by atoms with Crippen molar-refractivity contribution in [3.63, 3.8) is 0 Å². The number of halogens is 2. The topological polar surface area (TPSA) is 57.9 Å². The molecule has 8 heteroatoms. The summed E-state index contributed by atoms with van der Waals surface area (Å²) in [6.07, 6.45) is 1.65. The molecule has 1 saturated heterocycles. The molecule has 5 rings (SSSR count). The van der Waals surface area contributed by atoms with Crippen molar-refractivity contribution in [2.45, 2.75) is 0 Å². The molecule has 0 radical (unpaired) electrons. The van der Waals surface area contributed by atoms with Crippen LogP contribution in [0.5, 0.6) is 0 Å². The first-order valence-corrected chi connectivity index (χ1v) is 11.1. The zero-order valence-electron chi connectivity index (χ0n) is 16.5. The van der Waals surface area contributed by atoms with Crippen molar-refractivity contribution in [3.05, 3.63) is 86.2 Å². The third-order valence-electron chi connectivity index (χ3n) is 5.57. The van der Waals surface area contributed by atoms with Gasteiger partial charge < -0.3 is 9.80 Å². The van der Waals surface area contributed by atoms with E-state index in [1.54, 1.807) is 30.5 Å². The molecular weight excluding hydrogens is 480 g/mol. The number of fused-ring (bicyclic) bond motifs is 2. The van der Waals surface area contributed by atoms with Crippen LogP contribution in [0, 0.1) is 0 Å². The van der Waals surface area contributed by atoms with Crippen LogP contribution in [0.15, 0.2) is 70.1 Å². The first-order chi connectivity index (χ1) is 15.0. The number of hydrogen-bond donors (Lipinski definition) is 0. The summed E-state index contributed by atoms with van der Waals surface area (Å²) in [5.74, 6) is -0.118. The van der Waals surface area contributed by atoms with Gasteiger partial charge >= 0.3 is 0 Å². The normalized spacial score (nSPS) is 14.4. The van der Waals surface area contributed by atoms with Gasteiger partial charge in [0.15, 0.2) is 5.65 Å². The number of pyridine rings is 1. The van der Waals surface area contributed by atoms with Crippen LogP contribution >= 0.6 is 27.5 Å². The molecule has 0 N–H and O–H groups in total. The van der Waals surface area contributed by atoms with Crippen molar-refractivity contribution in [3.8, 4) is 0 Å². The van der Waals surface area contributed by atoms with Crippen LogP contribution in [0.3, 0.4) is 0 Å². The number of carbonyl (C=O) groups is 1. The zero-order valence-corrected chi connectivity index (χ0v) is 18.8. The minimum atomic E-state index is -0.193. The number of benzene rings is 2. The largest absolute Gasteiger partial charge is 0.368 e. The second-order valence-electron chi connectivity index (χ2n) is 7.45. The monoisotopic (exact) mass is 496 g/mol. The van der Waals surface area contributed by atoms with E-state index in [4.69, 9.17) is 11.6 Å². The lowest BCUT2D eigenvalue weighted by Crippen LogP contribution is -2.49. The second-order valence-corrected chi connectivity index (χ2v) is 8.81. The molecule has 4 aromatic rings. The van der Waals surface area contributed by atoms with Crippen LogP contribution in [0.1, 0.15) is 10.4 Å². The van der Waals surface area contributed by atoms with Gasteiger partial charge in [-0.15, -0.1) is 0 Å². The number of aromatic nitrogens is 2. The molecule has 1 fully saturated rings. The zero-order chi connectivity index (χ0) is 21.5. The molecule has 0 aliphatic carbocycles. The minimum Gasteiger partial charge on any atom is -0.368 e. The molecule has 0 spiro atoms. The van der Waals surface area contributed by atoms with Crippen LogP contribution < -0.4 is 10.5 Å². The Bertz CT molecular complexity index is 1380. The van der Waals surface area contributed by atoms with Crippen molar-refractivity contribution in [2.24, 2.45) is 0 Å². The first-order valence-electron chi connectivity index (χ1n) is 9.92. The van der Waals surface area contributed by atoms with Gasteiger partial charge in [0.05, 0.1) is 16.5 Å². The van der Waals surface area contributed by atoms with E-state index in [-0.39, 0.29) is 11.5 Å². The van der Waals surface area contributed by atoms with E-state index in [2.05, 4.69) is 25.8 Å². The van der Waals surface area contributed by atoms with Crippen LogP contribution in [-0.2, 0) is 0 Å². The van der Waals surface area contributed by atoms with Crippen molar-refractivity contribution in [2.75, 3.05) is 31.1 Å². The Morgan fingerprint density at radius 3 is 2.58 bits per heavy atom. The van der Waals surface area contributed by atoms with E-state index < -0.39 is 0 Å². The summed E-state index contributed by atoms with van der Waals surface area (Å²) in [6.45, 7) is 2.58. The van der Waals surface area contributed by atoms with Crippen LogP contribution in [0.2, 0.25) is 5.02 Å². The van der Waals surface area contributed by atoms with E-state index in [9.17, 15) is 9.59 Å². The highest BCUT2D eigenvalue weighted by Gasteiger charge is 2.24. The van der Waals surface area contributed by atoms with Gasteiger partial charge in [0.1, 0.15) is 0 Å². The SMILES string of the molecule is O=C(c1cccn2c(=O)c3cc(Br)ccc3nc12)N1CCN(c2cccc(Cl)c2)CC1. The predicted octanol–water partition coefficient (Wildman–Crippen LogP) is 4.23. The summed E-state index contributed by atoms with van der Waals surface area (Å²) in [7, 11) is 0. The molecule has 156 valence electrons.